The molecule has 2 heterocycles. The van der Waals surface area contributed by atoms with Gasteiger partial charge >= 0.3 is 0 Å². The highest BCUT2D eigenvalue weighted by atomic mass is 16.5. The van der Waals surface area contributed by atoms with Gasteiger partial charge in [-0.2, -0.15) is 5.10 Å². The third-order valence-electron chi connectivity index (χ3n) is 6.12. The van der Waals surface area contributed by atoms with Crippen molar-refractivity contribution in [1.29, 1.82) is 0 Å². The van der Waals surface area contributed by atoms with Gasteiger partial charge in [0.1, 0.15) is 18.1 Å². The molecule has 0 saturated carbocycles. The Balaban J connectivity index is 1.43. The van der Waals surface area contributed by atoms with Crippen LogP contribution < -0.4 is 10.1 Å². The SMILES string of the molecule is Cc1ccc(Cn2nc(C)c(NC(=O)c3ccc(COc4cc(C)ccc4C(C)C)o3)c2C)cc1. The van der Waals surface area contributed by atoms with Crippen LogP contribution in [0.1, 0.15) is 69.7 Å². The van der Waals surface area contributed by atoms with Crippen molar-refractivity contribution in [1.82, 2.24) is 9.78 Å². The predicted molar refractivity (Wildman–Crippen MR) is 138 cm³/mol. The zero-order valence-electron chi connectivity index (χ0n) is 21.3. The standard InChI is InChI=1S/C29H33N3O3/c1-18(2)25-13-9-20(4)15-27(25)34-17-24-12-14-26(35-24)29(33)30-28-21(5)31-32(22(28)6)16-23-10-7-19(3)8-11-23/h7-15,18H,16-17H2,1-6H3,(H,30,33). The van der Waals surface area contributed by atoms with Crippen LogP contribution >= 0.6 is 0 Å². The third kappa shape index (κ3) is 5.65. The molecule has 0 radical (unpaired) electrons. The maximum Gasteiger partial charge on any atom is 0.291 e. The highest BCUT2D eigenvalue weighted by molar-refractivity contribution is 6.02. The van der Waals surface area contributed by atoms with Crippen molar-refractivity contribution in [3.05, 3.63) is 99.8 Å². The number of rotatable bonds is 8. The van der Waals surface area contributed by atoms with Crippen LogP contribution in [0.25, 0.3) is 0 Å². The smallest absolute Gasteiger partial charge is 0.291 e. The number of nitrogens with zero attached hydrogens (tertiary/aromatic N) is 2. The van der Waals surface area contributed by atoms with Crippen molar-refractivity contribution in [3.63, 3.8) is 0 Å². The number of benzene rings is 2. The summed E-state index contributed by atoms with van der Waals surface area (Å²) in [4.78, 5) is 12.9. The zero-order chi connectivity index (χ0) is 25.1. The molecule has 6 nitrogen and oxygen atoms in total. The number of amides is 1. The summed E-state index contributed by atoms with van der Waals surface area (Å²) in [5.41, 5.74) is 7.02. The van der Waals surface area contributed by atoms with Crippen molar-refractivity contribution in [3.8, 4) is 5.75 Å². The Hall–Kier alpha value is -3.80. The van der Waals surface area contributed by atoms with Crippen molar-refractivity contribution in [2.45, 2.75) is 60.6 Å². The van der Waals surface area contributed by atoms with Gasteiger partial charge < -0.3 is 14.5 Å². The molecule has 0 aliphatic carbocycles. The Morgan fingerprint density at radius 3 is 2.43 bits per heavy atom. The van der Waals surface area contributed by atoms with Crippen molar-refractivity contribution < 1.29 is 13.9 Å². The molecular weight excluding hydrogens is 438 g/mol. The summed E-state index contributed by atoms with van der Waals surface area (Å²) in [5, 5.41) is 7.60. The lowest BCUT2D eigenvalue weighted by Crippen LogP contribution is -2.12. The van der Waals surface area contributed by atoms with E-state index in [9.17, 15) is 4.79 Å². The number of aromatic nitrogens is 2. The van der Waals surface area contributed by atoms with E-state index in [1.54, 1.807) is 12.1 Å². The predicted octanol–water partition coefficient (Wildman–Crippen LogP) is 6.71. The van der Waals surface area contributed by atoms with Gasteiger partial charge in [0.25, 0.3) is 5.91 Å². The summed E-state index contributed by atoms with van der Waals surface area (Å²) in [6, 6.07) is 18.0. The van der Waals surface area contributed by atoms with Gasteiger partial charge in [-0.3, -0.25) is 9.48 Å². The minimum absolute atomic E-state index is 0.238. The van der Waals surface area contributed by atoms with E-state index in [-0.39, 0.29) is 18.3 Å². The van der Waals surface area contributed by atoms with Gasteiger partial charge in [0.05, 0.1) is 23.6 Å². The minimum atomic E-state index is -0.309. The largest absolute Gasteiger partial charge is 0.485 e. The summed E-state index contributed by atoms with van der Waals surface area (Å²) in [7, 11) is 0. The van der Waals surface area contributed by atoms with Crippen LogP contribution in [-0.2, 0) is 13.2 Å². The van der Waals surface area contributed by atoms with E-state index in [2.05, 4.69) is 67.6 Å². The summed E-state index contributed by atoms with van der Waals surface area (Å²) in [6.07, 6.45) is 0. The quantitative estimate of drug-likeness (QED) is 0.310. The molecule has 0 atom stereocenters. The molecule has 182 valence electrons. The molecule has 0 bridgehead atoms. The first-order valence-electron chi connectivity index (χ1n) is 11.9. The molecule has 4 aromatic rings. The lowest BCUT2D eigenvalue weighted by atomic mass is 10.0. The molecular formula is C29H33N3O3. The molecule has 6 heteroatoms. The molecule has 2 aromatic heterocycles. The van der Waals surface area contributed by atoms with Crippen LogP contribution in [-0.4, -0.2) is 15.7 Å². The van der Waals surface area contributed by atoms with E-state index in [1.807, 2.05) is 31.5 Å². The average Bonchev–Trinajstić information content (AvgIpc) is 3.39. The number of hydrogen-bond acceptors (Lipinski definition) is 4. The van der Waals surface area contributed by atoms with Crippen LogP contribution in [0.4, 0.5) is 5.69 Å². The van der Waals surface area contributed by atoms with Gasteiger partial charge in [0.2, 0.25) is 0 Å². The molecule has 0 saturated heterocycles. The number of aryl methyl sites for hydroxylation is 3. The lowest BCUT2D eigenvalue weighted by molar-refractivity contribution is 0.0992. The molecule has 0 aliphatic heterocycles. The van der Waals surface area contributed by atoms with Gasteiger partial charge in [-0.25, -0.2) is 0 Å². The lowest BCUT2D eigenvalue weighted by Gasteiger charge is -2.14. The van der Waals surface area contributed by atoms with E-state index < -0.39 is 0 Å². The van der Waals surface area contributed by atoms with Crippen molar-refractivity contribution >= 4 is 11.6 Å². The maximum atomic E-state index is 12.9. The van der Waals surface area contributed by atoms with Gasteiger partial charge in [0.15, 0.2) is 5.76 Å². The van der Waals surface area contributed by atoms with Crippen LogP contribution in [0.2, 0.25) is 0 Å². The fourth-order valence-corrected chi connectivity index (χ4v) is 4.04. The topological polar surface area (TPSA) is 69.3 Å². The molecule has 0 aliphatic rings. The monoisotopic (exact) mass is 471 g/mol. The van der Waals surface area contributed by atoms with E-state index in [4.69, 9.17) is 9.15 Å². The summed E-state index contributed by atoms with van der Waals surface area (Å²) in [6.45, 7) is 13.1. The Labute approximate surface area is 206 Å². The van der Waals surface area contributed by atoms with E-state index in [0.29, 0.717) is 23.9 Å². The Kier molecular flexibility index (Phi) is 7.10. The van der Waals surface area contributed by atoms with Gasteiger partial charge in [-0.05, 0) is 68.5 Å². The Morgan fingerprint density at radius 2 is 1.71 bits per heavy atom. The summed E-state index contributed by atoms with van der Waals surface area (Å²) < 4.78 is 13.8. The van der Waals surface area contributed by atoms with E-state index >= 15 is 0 Å². The number of carbonyl (C=O) groups is 1. The van der Waals surface area contributed by atoms with Crippen LogP contribution in [0.3, 0.4) is 0 Å². The highest BCUT2D eigenvalue weighted by Gasteiger charge is 2.18. The van der Waals surface area contributed by atoms with E-state index in [1.165, 1.54) is 5.56 Å². The van der Waals surface area contributed by atoms with Crippen LogP contribution in [0.15, 0.2) is 59.0 Å². The first kappa shape index (κ1) is 24.3. The average molecular weight is 472 g/mol. The minimum Gasteiger partial charge on any atom is -0.485 e. The number of hydrogen-bond donors (Lipinski definition) is 1. The molecule has 1 amide bonds. The molecule has 0 spiro atoms. The molecule has 2 aromatic carbocycles. The molecule has 1 N–H and O–H groups in total. The zero-order valence-corrected chi connectivity index (χ0v) is 21.3. The van der Waals surface area contributed by atoms with Gasteiger partial charge in [-0.1, -0.05) is 55.8 Å². The first-order chi connectivity index (χ1) is 16.7. The summed E-state index contributed by atoms with van der Waals surface area (Å²) >= 11 is 0. The number of anilines is 1. The summed E-state index contributed by atoms with van der Waals surface area (Å²) in [5.74, 6) is 1.71. The number of furan rings is 1. The normalized spacial score (nSPS) is 11.2. The highest BCUT2D eigenvalue weighted by Crippen LogP contribution is 2.28. The van der Waals surface area contributed by atoms with E-state index in [0.717, 1.165) is 33.8 Å². The second-order valence-electron chi connectivity index (χ2n) is 9.39. The second kappa shape index (κ2) is 10.2. The molecule has 35 heavy (non-hydrogen) atoms. The Bertz CT molecular complexity index is 1330. The third-order valence-corrected chi connectivity index (χ3v) is 6.12. The second-order valence-corrected chi connectivity index (χ2v) is 9.39. The fourth-order valence-electron chi connectivity index (χ4n) is 4.04. The van der Waals surface area contributed by atoms with Crippen LogP contribution in [0.5, 0.6) is 5.75 Å². The molecule has 0 fully saturated rings. The first-order valence-corrected chi connectivity index (χ1v) is 11.9. The van der Waals surface area contributed by atoms with Crippen LogP contribution in [0, 0.1) is 27.7 Å². The van der Waals surface area contributed by atoms with Gasteiger partial charge in [-0.15, -0.1) is 0 Å². The molecule has 4 rings (SSSR count). The van der Waals surface area contributed by atoms with Crippen molar-refractivity contribution in [2.75, 3.05) is 5.32 Å². The number of ether oxygens (including phenoxy) is 1. The maximum absolute atomic E-state index is 12.9. The fraction of sp³-hybridized carbons (Fsp3) is 0.310. The molecule has 0 unspecified atom stereocenters. The van der Waals surface area contributed by atoms with Crippen molar-refractivity contribution in [2.24, 2.45) is 0 Å². The number of nitrogens with one attached hydrogen (secondary N) is 1. The Morgan fingerprint density at radius 1 is 1.00 bits per heavy atom. The number of carbonyl (C=O) groups excluding carboxylic acids is 1. The van der Waals surface area contributed by atoms with Gasteiger partial charge in [0, 0.05) is 0 Å².